The first-order valence-corrected chi connectivity index (χ1v) is 4.83. The van der Waals surface area contributed by atoms with Crippen molar-refractivity contribution in [2.45, 2.75) is 16.0 Å². The Morgan fingerprint density at radius 1 is 1.55 bits per heavy atom. The topological polar surface area (TPSA) is 23.9 Å². The van der Waals surface area contributed by atoms with Crippen LogP contribution in [0.15, 0.2) is 12.2 Å². The molecule has 0 heterocycles. The van der Waals surface area contributed by atoms with Gasteiger partial charge in [0.1, 0.15) is 4.55 Å². The van der Waals surface area contributed by atoms with Crippen molar-refractivity contribution < 1.29 is 8.78 Å². The summed E-state index contributed by atoms with van der Waals surface area (Å²) in [6.45, 7) is 4.35. The fourth-order valence-corrected chi connectivity index (χ4v) is 1.17. The van der Waals surface area contributed by atoms with Crippen LogP contribution in [0, 0.1) is 5.41 Å². The first-order valence-electron chi connectivity index (χ1n) is 3.02. The van der Waals surface area contributed by atoms with Gasteiger partial charge in [-0.2, -0.15) is 0 Å². The molecule has 0 spiro atoms. The molecule has 0 aliphatic rings. The van der Waals surface area contributed by atoms with E-state index in [1.54, 1.807) is 6.08 Å². The lowest BCUT2D eigenvalue weighted by atomic mass is 10.6. The van der Waals surface area contributed by atoms with Gasteiger partial charge in [0.05, 0.1) is 0 Å². The van der Waals surface area contributed by atoms with E-state index in [-0.39, 0.29) is 17.0 Å². The Balaban J connectivity index is -0.000000196. The Labute approximate surface area is 86.2 Å². The van der Waals surface area contributed by atoms with Crippen LogP contribution in [-0.2, 0) is 0 Å². The van der Waals surface area contributed by atoms with Gasteiger partial charge in [-0.15, -0.1) is 27.6 Å². The van der Waals surface area contributed by atoms with Crippen molar-refractivity contribution in [1.29, 1.82) is 5.41 Å². The van der Waals surface area contributed by atoms with E-state index in [2.05, 4.69) is 6.72 Å². The summed E-state index contributed by atoms with van der Waals surface area (Å²) < 4.78 is 21.4. The van der Waals surface area contributed by atoms with Crippen LogP contribution < -0.4 is 0 Å². The highest BCUT2D eigenvalue weighted by Crippen LogP contribution is 1.92. The van der Waals surface area contributed by atoms with Crippen molar-refractivity contribution >= 4 is 44.1 Å². The highest BCUT2D eigenvalue weighted by atomic mass is 79.9. The Bertz CT molecular complexity index is 90.7. The molecule has 5 heteroatoms. The second-order valence-corrected chi connectivity index (χ2v) is 3.31. The third-order valence-electron chi connectivity index (χ3n) is 0.787. The van der Waals surface area contributed by atoms with Crippen LogP contribution in [0.3, 0.4) is 0 Å². The lowest BCUT2D eigenvalue weighted by molar-refractivity contribution is 0.238. The van der Waals surface area contributed by atoms with Crippen LogP contribution >= 0.6 is 17.0 Å². The molecule has 0 unspecified atom stereocenters. The molecule has 11 heavy (non-hydrogen) atoms. The van der Waals surface area contributed by atoms with Crippen LogP contribution in [0.5, 0.6) is 0 Å². The normalized spacial score (nSPS) is 8.00. The van der Waals surface area contributed by atoms with Crippen LogP contribution in [0.1, 0.15) is 6.92 Å². The molecule has 0 aromatic carbocycles. The Morgan fingerprint density at radius 3 is 2.27 bits per heavy atom. The van der Waals surface area contributed by atoms with Gasteiger partial charge < -0.3 is 5.41 Å². The molecule has 0 radical (unpaired) electrons. The average Bonchev–Trinajstić information content (AvgIpc) is 1.92. The van der Waals surface area contributed by atoms with Crippen molar-refractivity contribution in [3.63, 3.8) is 0 Å². The van der Waals surface area contributed by atoms with Gasteiger partial charge in [-0.1, -0.05) is 6.08 Å². The Hall–Kier alpha value is 0.516. The van der Waals surface area contributed by atoms with Crippen molar-refractivity contribution in [3.05, 3.63) is 12.2 Å². The summed E-state index contributed by atoms with van der Waals surface area (Å²) in [7, 11) is 0. The van der Waals surface area contributed by atoms with Gasteiger partial charge >= 0.3 is 20.4 Å². The fraction of sp³-hybridized carbons (Fsp3) is 0.500. The van der Waals surface area contributed by atoms with Gasteiger partial charge in [0.15, 0.2) is 0 Å². The Kier molecular flexibility index (Phi) is 26.9. The molecule has 0 amide bonds. The predicted octanol–water partition coefficient (Wildman–Crippen LogP) is 2.75. The third-order valence-corrected chi connectivity index (χ3v) is 1.89. The van der Waals surface area contributed by atoms with Gasteiger partial charge in [0.25, 0.3) is 0 Å². The minimum Gasteiger partial charge on any atom is -0.317 e. The molecule has 0 aliphatic carbocycles. The molecule has 0 aromatic rings. The van der Waals surface area contributed by atoms with E-state index >= 15 is 0 Å². The molecular formula is C6H12BrF2MgN. The number of alkyl halides is 2. The quantitative estimate of drug-likeness (QED) is 0.445. The summed E-state index contributed by atoms with van der Waals surface area (Å²) in [4.78, 5) is 0. The highest BCUT2D eigenvalue weighted by molar-refractivity contribution is 8.93. The molecule has 1 nitrogen and oxygen atoms in total. The highest BCUT2D eigenvalue weighted by Gasteiger charge is 2.05. The van der Waals surface area contributed by atoms with Crippen LogP contribution in [-0.4, -0.2) is 31.6 Å². The van der Waals surface area contributed by atoms with E-state index in [1.807, 2.05) is 13.0 Å². The van der Waals surface area contributed by atoms with Crippen LogP contribution in [0.2, 0.25) is 4.55 Å². The smallest absolute Gasteiger partial charge is 0.317 e. The fourth-order valence-electron chi connectivity index (χ4n) is 0.389. The number of hydrogen-bond donors (Lipinski definition) is 1. The summed E-state index contributed by atoms with van der Waals surface area (Å²) >= 11 is -1.09. The zero-order chi connectivity index (χ0) is 8.41. The predicted molar refractivity (Wildman–Crippen MR) is 51.5 cm³/mol. The molecular weight excluding hydrogens is 228 g/mol. The third kappa shape index (κ3) is 25.1. The molecule has 0 rings (SSSR count). The summed E-state index contributed by atoms with van der Waals surface area (Å²) in [6.07, 6.45) is 3.62. The van der Waals surface area contributed by atoms with Gasteiger partial charge in [-0.05, 0) is 13.6 Å². The number of nitrogens with one attached hydrogen (secondary N) is 1. The summed E-state index contributed by atoms with van der Waals surface area (Å²) in [5.41, 5.74) is 0. The van der Waals surface area contributed by atoms with Gasteiger partial charge in [-0.3, -0.25) is 0 Å². The van der Waals surface area contributed by atoms with E-state index in [1.165, 1.54) is 0 Å². The zero-order valence-corrected chi connectivity index (χ0v) is 9.64. The van der Waals surface area contributed by atoms with Crippen molar-refractivity contribution in [1.82, 2.24) is 0 Å². The first-order chi connectivity index (χ1) is 4.77. The SMILES string of the molecule is Br.C=N.CC=C[CH2][Mg][CH](F)F. The van der Waals surface area contributed by atoms with Crippen molar-refractivity contribution in [2.24, 2.45) is 0 Å². The molecule has 0 saturated heterocycles. The van der Waals surface area contributed by atoms with Gasteiger partial charge in [-0.25, -0.2) is 8.78 Å². The minimum absolute atomic E-state index is 0. The number of allylic oxidation sites excluding steroid dienone is 2. The molecule has 0 fully saturated rings. The minimum atomic E-state index is -2.01. The van der Waals surface area contributed by atoms with Crippen LogP contribution in [0.4, 0.5) is 8.78 Å². The number of halogens is 3. The van der Waals surface area contributed by atoms with Gasteiger partial charge in [0.2, 0.25) is 0 Å². The standard InChI is InChI=1S/C4H7.CHF2.CH3N.BrH.Mg/c1-3-4-2;2-1-3;1-2;;/h3-4H,1H2,2H3;1H;2H,1H2;1H;. The first kappa shape index (κ1) is 17.6. The summed E-state index contributed by atoms with van der Waals surface area (Å²) in [6, 6.07) is 0. The maximum absolute atomic E-state index is 11.4. The Morgan fingerprint density at radius 2 is 2.00 bits per heavy atom. The maximum atomic E-state index is 11.4. The molecule has 0 atom stereocenters. The van der Waals surface area contributed by atoms with E-state index in [9.17, 15) is 8.78 Å². The lowest BCUT2D eigenvalue weighted by Crippen LogP contribution is -2.00. The summed E-state index contributed by atoms with van der Waals surface area (Å²) in [5, 5.41) is 5.50. The zero-order valence-electron chi connectivity index (χ0n) is 6.52. The second kappa shape index (κ2) is 16.9. The monoisotopic (exact) mass is 239 g/mol. The summed E-state index contributed by atoms with van der Waals surface area (Å²) in [5.74, 6) is 0. The van der Waals surface area contributed by atoms with Crippen molar-refractivity contribution in [2.75, 3.05) is 0 Å². The molecule has 64 valence electrons. The number of hydrogen-bond acceptors (Lipinski definition) is 1. The second-order valence-electron chi connectivity index (χ2n) is 1.54. The largest absolute Gasteiger partial charge is 0.475 e. The van der Waals surface area contributed by atoms with Crippen molar-refractivity contribution in [3.8, 4) is 0 Å². The van der Waals surface area contributed by atoms with E-state index in [0.29, 0.717) is 4.55 Å². The molecule has 1 N–H and O–H groups in total. The number of rotatable bonds is 3. The van der Waals surface area contributed by atoms with Crippen LogP contribution in [0.25, 0.3) is 0 Å². The van der Waals surface area contributed by atoms with E-state index in [4.69, 9.17) is 5.41 Å². The van der Waals surface area contributed by atoms with E-state index in [0.717, 1.165) is 0 Å². The van der Waals surface area contributed by atoms with Gasteiger partial charge in [0, 0.05) is 0 Å². The lowest BCUT2D eigenvalue weighted by Gasteiger charge is -1.86. The maximum Gasteiger partial charge on any atom is 0.475 e. The molecule has 0 bridgehead atoms. The average molecular weight is 240 g/mol. The van der Waals surface area contributed by atoms with E-state index < -0.39 is 24.9 Å². The molecule has 0 aliphatic heterocycles. The molecule has 0 saturated carbocycles. The molecule has 0 aromatic heterocycles.